The maximum absolute atomic E-state index is 12.7. The Morgan fingerprint density at radius 3 is 1.67 bits per heavy atom. The molecule has 0 radical (unpaired) electrons. The maximum atomic E-state index is 12.7. The van der Waals surface area contributed by atoms with Crippen molar-refractivity contribution in [3.63, 3.8) is 0 Å². The van der Waals surface area contributed by atoms with Crippen molar-refractivity contribution in [3.05, 3.63) is 59.7 Å². The molecule has 0 unspecified atom stereocenters. The van der Waals surface area contributed by atoms with Crippen LogP contribution in [0.15, 0.2) is 36.7 Å². The minimum absolute atomic E-state index is 0. The highest BCUT2D eigenvalue weighted by atomic mass is 32.1. The summed E-state index contributed by atoms with van der Waals surface area (Å²) >= 11 is 0. The number of aromatic carboxylic acids is 1. The Kier molecular flexibility index (Phi) is 27.0. The van der Waals surface area contributed by atoms with E-state index in [-0.39, 0.29) is 44.1 Å². The lowest BCUT2D eigenvalue weighted by atomic mass is 10.1. The molecule has 244 valence electrons. The van der Waals surface area contributed by atoms with Crippen molar-refractivity contribution in [1.82, 2.24) is 15.3 Å². The molecule has 2 heterocycles. The minimum Gasteiger partial charge on any atom is -0.478 e. The van der Waals surface area contributed by atoms with E-state index in [4.69, 9.17) is 10.8 Å². The van der Waals surface area contributed by atoms with Gasteiger partial charge in [0.15, 0.2) is 0 Å². The van der Waals surface area contributed by atoms with Crippen molar-refractivity contribution in [1.29, 1.82) is 0 Å². The molecular formula is C28H44F2N4O7S2. The number of carbonyl (C=O) groups excluding carboxylic acids is 3. The number of aromatic nitrogens is 2. The lowest BCUT2D eigenvalue weighted by molar-refractivity contribution is -0.143. The molecule has 2 aromatic rings. The molecule has 43 heavy (non-hydrogen) atoms. The van der Waals surface area contributed by atoms with Crippen LogP contribution in [-0.4, -0.2) is 65.2 Å². The highest BCUT2D eigenvalue weighted by Crippen LogP contribution is 2.07. The Balaban J connectivity index is -0.000000594. The van der Waals surface area contributed by atoms with E-state index in [9.17, 15) is 28.0 Å². The number of carbonyl (C=O) groups is 4. The van der Waals surface area contributed by atoms with Crippen molar-refractivity contribution >= 4 is 50.8 Å². The van der Waals surface area contributed by atoms with Crippen LogP contribution in [0.3, 0.4) is 0 Å². The molecule has 1 amide bonds. The zero-order valence-electron chi connectivity index (χ0n) is 24.9. The predicted molar refractivity (Wildman–Crippen MR) is 168 cm³/mol. The summed E-state index contributed by atoms with van der Waals surface area (Å²) in [5.74, 6) is -3.69. The van der Waals surface area contributed by atoms with E-state index in [1.54, 1.807) is 0 Å². The Labute approximate surface area is 265 Å². The van der Waals surface area contributed by atoms with Crippen molar-refractivity contribution in [2.45, 2.75) is 77.3 Å². The molecule has 0 aliphatic carbocycles. The highest BCUT2D eigenvalue weighted by Gasteiger charge is 2.21. The number of carboxylic acid groups (broad SMARTS) is 1. The number of amides is 1. The third-order valence-corrected chi connectivity index (χ3v) is 5.47. The number of hydrogen-bond donors (Lipinski definition) is 3. The standard InChI is InChI=1S/C14H19FN2O3.C8H17NO2.C6H4FNO2.2H2S/c1-3-4-5-6-11(14(19)20-2)17-13(18)10-7-8-12(15)16-9-10;1-3-4-5-6-7(9)8(10)11-2;7-5-2-1-4(3-8-5)6(9)10;;/h7-9,11H,3-6H2,1-2H3,(H,17,18);7H,3-6,9H2,1-2H3;1-3H,(H,9,10);2*1H2/t11-;7-;;;/m00.../s1. The summed E-state index contributed by atoms with van der Waals surface area (Å²) in [5, 5.41) is 10.9. The number of nitrogens with zero attached hydrogens (tertiary/aromatic N) is 2. The second-order valence-corrected chi connectivity index (χ2v) is 8.71. The van der Waals surface area contributed by atoms with E-state index >= 15 is 0 Å². The third-order valence-electron chi connectivity index (χ3n) is 5.47. The fraction of sp³-hybridized carbons (Fsp3) is 0.500. The first-order valence-electron chi connectivity index (χ1n) is 13.2. The molecule has 15 heteroatoms. The zero-order chi connectivity index (χ0) is 31.2. The van der Waals surface area contributed by atoms with Crippen LogP contribution in [0.2, 0.25) is 0 Å². The molecule has 0 aliphatic rings. The molecule has 0 aliphatic heterocycles. The fourth-order valence-corrected chi connectivity index (χ4v) is 3.13. The Morgan fingerprint density at radius 1 is 0.814 bits per heavy atom. The second-order valence-electron chi connectivity index (χ2n) is 8.71. The van der Waals surface area contributed by atoms with Gasteiger partial charge in [-0.1, -0.05) is 52.4 Å². The summed E-state index contributed by atoms with van der Waals surface area (Å²) in [6.45, 7) is 4.17. The number of nitrogens with one attached hydrogen (secondary N) is 1. The van der Waals surface area contributed by atoms with Gasteiger partial charge < -0.3 is 25.6 Å². The quantitative estimate of drug-likeness (QED) is 0.161. The van der Waals surface area contributed by atoms with E-state index in [2.05, 4.69) is 38.6 Å². The normalized spacial score (nSPS) is 10.9. The van der Waals surface area contributed by atoms with Gasteiger partial charge in [0.1, 0.15) is 12.1 Å². The van der Waals surface area contributed by atoms with Gasteiger partial charge in [-0.2, -0.15) is 35.8 Å². The largest absolute Gasteiger partial charge is 0.478 e. The number of methoxy groups -OCH3 is 2. The van der Waals surface area contributed by atoms with Crippen molar-refractivity contribution in [3.8, 4) is 0 Å². The maximum Gasteiger partial charge on any atom is 0.337 e. The second kappa shape index (κ2) is 26.3. The fourth-order valence-electron chi connectivity index (χ4n) is 3.13. The molecule has 2 aromatic heterocycles. The summed E-state index contributed by atoms with van der Waals surface area (Å²) in [5.41, 5.74) is 5.69. The summed E-state index contributed by atoms with van der Waals surface area (Å²) in [6, 6.07) is 3.46. The van der Waals surface area contributed by atoms with Crippen molar-refractivity contribution in [2.75, 3.05) is 14.2 Å². The first-order chi connectivity index (χ1) is 19.5. The summed E-state index contributed by atoms with van der Waals surface area (Å²) in [7, 11) is 2.64. The van der Waals surface area contributed by atoms with Gasteiger partial charge in [-0.05, 0) is 37.1 Å². The summed E-state index contributed by atoms with van der Waals surface area (Å²) in [4.78, 5) is 51.0. The first-order valence-corrected chi connectivity index (χ1v) is 13.2. The number of pyridine rings is 2. The Bertz CT molecular complexity index is 1070. The number of esters is 2. The van der Waals surface area contributed by atoms with Gasteiger partial charge in [0, 0.05) is 12.4 Å². The number of nitrogens with two attached hydrogens (primary N) is 1. The molecule has 11 nitrogen and oxygen atoms in total. The van der Waals surface area contributed by atoms with Gasteiger partial charge >= 0.3 is 17.9 Å². The van der Waals surface area contributed by atoms with E-state index in [0.717, 1.165) is 75.5 Å². The van der Waals surface area contributed by atoms with Gasteiger partial charge in [-0.25, -0.2) is 19.6 Å². The Morgan fingerprint density at radius 2 is 1.28 bits per heavy atom. The molecule has 0 saturated carbocycles. The number of unbranched alkanes of at least 4 members (excludes halogenated alkanes) is 4. The average molecular weight is 651 g/mol. The van der Waals surface area contributed by atoms with Crippen LogP contribution in [0.5, 0.6) is 0 Å². The minimum atomic E-state index is -1.10. The smallest absolute Gasteiger partial charge is 0.337 e. The van der Waals surface area contributed by atoms with Crippen LogP contribution in [-0.2, 0) is 19.1 Å². The molecule has 4 N–H and O–H groups in total. The number of halogens is 2. The highest BCUT2D eigenvalue weighted by molar-refractivity contribution is 7.59. The molecule has 0 fully saturated rings. The van der Waals surface area contributed by atoms with E-state index < -0.39 is 41.8 Å². The topological polar surface area (TPSA) is 171 Å². The summed E-state index contributed by atoms with van der Waals surface area (Å²) in [6.07, 6.45) is 9.44. The number of carboxylic acids is 1. The van der Waals surface area contributed by atoms with E-state index in [1.165, 1.54) is 20.3 Å². The molecular weight excluding hydrogens is 606 g/mol. The molecule has 0 saturated heterocycles. The SMILES string of the molecule is CCCCC[C@H](N)C(=O)OC.CCCCC[C@H](NC(=O)c1ccc(F)nc1)C(=O)OC.O=C(O)c1ccc(F)nc1.S.S. The van der Waals surface area contributed by atoms with Gasteiger partial charge in [0.2, 0.25) is 11.9 Å². The molecule has 0 bridgehead atoms. The number of ether oxygens (including phenoxy) is 2. The van der Waals surface area contributed by atoms with Gasteiger partial charge in [0.25, 0.3) is 5.91 Å². The lowest BCUT2D eigenvalue weighted by Crippen LogP contribution is -2.41. The van der Waals surface area contributed by atoms with Crippen LogP contribution in [0.4, 0.5) is 8.78 Å². The lowest BCUT2D eigenvalue weighted by Gasteiger charge is -2.16. The molecule has 2 atom stereocenters. The Hall–Kier alpha value is -3.30. The third kappa shape index (κ3) is 20.3. The van der Waals surface area contributed by atoms with Gasteiger partial charge in [-0.3, -0.25) is 9.59 Å². The molecule has 2 rings (SSSR count). The van der Waals surface area contributed by atoms with Gasteiger partial charge in [-0.15, -0.1) is 0 Å². The average Bonchev–Trinajstić information content (AvgIpc) is 2.97. The number of hydrogen-bond acceptors (Lipinski definition) is 9. The molecule has 0 aromatic carbocycles. The predicted octanol–water partition coefficient (Wildman–Crippen LogP) is 4.28. The number of rotatable bonds is 13. The van der Waals surface area contributed by atoms with Crippen LogP contribution < -0.4 is 11.1 Å². The van der Waals surface area contributed by atoms with Crippen LogP contribution in [0, 0.1) is 11.9 Å². The molecule has 0 spiro atoms. The van der Waals surface area contributed by atoms with E-state index in [1.807, 2.05) is 0 Å². The van der Waals surface area contributed by atoms with Crippen LogP contribution in [0.25, 0.3) is 0 Å². The zero-order valence-corrected chi connectivity index (χ0v) is 26.9. The first kappa shape index (κ1) is 44.1. The van der Waals surface area contributed by atoms with Gasteiger partial charge in [0.05, 0.1) is 25.3 Å². The van der Waals surface area contributed by atoms with Crippen molar-refractivity contribution < 1.29 is 42.5 Å². The van der Waals surface area contributed by atoms with Crippen LogP contribution >= 0.6 is 27.0 Å². The van der Waals surface area contributed by atoms with Crippen LogP contribution in [0.1, 0.15) is 85.9 Å². The van der Waals surface area contributed by atoms with E-state index in [0.29, 0.717) is 6.42 Å². The summed E-state index contributed by atoms with van der Waals surface area (Å²) < 4.78 is 33.9. The monoisotopic (exact) mass is 650 g/mol. The van der Waals surface area contributed by atoms with Crippen molar-refractivity contribution in [2.24, 2.45) is 5.73 Å².